The topological polar surface area (TPSA) is 20.2 Å². The summed E-state index contributed by atoms with van der Waals surface area (Å²) in [6.45, 7) is 6.12. The van der Waals surface area contributed by atoms with E-state index in [0.717, 1.165) is 5.56 Å². The van der Waals surface area contributed by atoms with Crippen molar-refractivity contribution < 1.29 is 5.11 Å². The highest BCUT2D eigenvalue weighted by atomic mass is 16.2. The maximum atomic E-state index is 8.57. The van der Waals surface area contributed by atoms with Crippen LogP contribution in [0.15, 0.2) is 12.1 Å². The van der Waals surface area contributed by atoms with Gasteiger partial charge in [-0.25, -0.2) is 0 Å². The molecular weight excluding hydrogens is 160 g/mol. The Morgan fingerprint density at radius 2 is 1.69 bits per heavy atom. The van der Waals surface area contributed by atoms with Gasteiger partial charge in [0.2, 0.25) is 0 Å². The Hall–Kier alpha value is -1.26. The van der Waals surface area contributed by atoms with Gasteiger partial charge < -0.3 is 5.11 Å². The van der Waals surface area contributed by atoms with Gasteiger partial charge >= 0.3 is 0 Å². The number of aliphatic hydroxyl groups excluding tert-OH is 1. The third kappa shape index (κ3) is 2.34. The van der Waals surface area contributed by atoms with E-state index in [2.05, 4.69) is 37.8 Å². The molecule has 0 aliphatic carbocycles. The van der Waals surface area contributed by atoms with Gasteiger partial charge in [0.25, 0.3) is 0 Å². The first-order valence-corrected chi connectivity index (χ1v) is 4.32. The van der Waals surface area contributed by atoms with Crippen molar-refractivity contribution in [2.75, 3.05) is 6.61 Å². The van der Waals surface area contributed by atoms with E-state index in [9.17, 15) is 0 Å². The van der Waals surface area contributed by atoms with Gasteiger partial charge in [0.05, 0.1) is 0 Å². The second kappa shape index (κ2) is 4.11. The molecule has 1 aromatic carbocycles. The van der Waals surface area contributed by atoms with Crippen LogP contribution < -0.4 is 0 Å². The Morgan fingerprint density at radius 1 is 1.08 bits per heavy atom. The van der Waals surface area contributed by atoms with Gasteiger partial charge in [-0.05, 0) is 43.5 Å². The minimum absolute atomic E-state index is 0.0770. The first kappa shape index (κ1) is 9.83. The van der Waals surface area contributed by atoms with Crippen LogP contribution in [-0.2, 0) is 0 Å². The predicted molar refractivity (Wildman–Crippen MR) is 54.6 cm³/mol. The third-order valence-corrected chi connectivity index (χ3v) is 2.14. The molecule has 13 heavy (non-hydrogen) atoms. The third-order valence-electron chi connectivity index (χ3n) is 2.14. The molecule has 0 fully saturated rings. The molecule has 0 bridgehead atoms. The fourth-order valence-electron chi connectivity index (χ4n) is 1.23. The lowest BCUT2D eigenvalue weighted by atomic mass is 10.0. The number of rotatable bonds is 0. The zero-order chi connectivity index (χ0) is 9.84. The lowest BCUT2D eigenvalue weighted by Crippen LogP contribution is -1.88. The highest BCUT2D eigenvalue weighted by molar-refractivity contribution is 5.45. The average molecular weight is 174 g/mol. The van der Waals surface area contributed by atoms with Crippen molar-refractivity contribution in [2.24, 2.45) is 0 Å². The molecule has 0 amide bonds. The smallest absolute Gasteiger partial charge is 0.104 e. The Bertz CT molecular complexity index is 367. The zero-order valence-corrected chi connectivity index (χ0v) is 8.31. The standard InChI is InChI=1S/C12H14O/c1-9-7-11(3)12(5-4-6-13)8-10(9)2/h7-8,13H,6H2,1-3H3. The molecule has 68 valence electrons. The maximum absolute atomic E-state index is 8.57. The molecule has 0 atom stereocenters. The van der Waals surface area contributed by atoms with Gasteiger partial charge in [-0.15, -0.1) is 0 Å². The summed E-state index contributed by atoms with van der Waals surface area (Å²) >= 11 is 0. The van der Waals surface area contributed by atoms with E-state index in [4.69, 9.17) is 5.11 Å². The first-order valence-electron chi connectivity index (χ1n) is 4.32. The summed E-state index contributed by atoms with van der Waals surface area (Å²) < 4.78 is 0. The predicted octanol–water partition coefficient (Wildman–Crippen LogP) is 1.96. The van der Waals surface area contributed by atoms with Gasteiger partial charge in [0.15, 0.2) is 0 Å². The van der Waals surface area contributed by atoms with Crippen molar-refractivity contribution in [3.63, 3.8) is 0 Å². The lowest BCUT2D eigenvalue weighted by molar-refractivity contribution is 0.350. The largest absolute Gasteiger partial charge is 0.384 e. The minimum atomic E-state index is -0.0770. The number of aryl methyl sites for hydroxylation is 3. The fourth-order valence-corrected chi connectivity index (χ4v) is 1.23. The average Bonchev–Trinajstić information content (AvgIpc) is 2.09. The van der Waals surface area contributed by atoms with Crippen LogP contribution in [0.2, 0.25) is 0 Å². The number of hydrogen-bond donors (Lipinski definition) is 1. The summed E-state index contributed by atoms with van der Waals surface area (Å²) in [6.07, 6.45) is 0. The molecule has 0 spiro atoms. The molecule has 0 saturated carbocycles. The van der Waals surface area contributed by atoms with Crippen LogP contribution in [0, 0.1) is 32.6 Å². The molecule has 1 rings (SSSR count). The first-order chi connectivity index (χ1) is 6.15. The van der Waals surface area contributed by atoms with E-state index in [1.807, 2.05) is 6.92 Å². The molecule has 0 heterocycles. The van der Waals surface area contributed by atoms with Crippen LogP contribution in [0.3, 0.4) is 0 Å². The van der Waals surface area contributed by atoms with Gasteiger partial charge in [-0.1, -0.05) is 17.9 Å². The monoisotopic (exact) mass is 174 g/mol. The number of benzene rings is 1. The van der Waals surface area contributed by atoms with E-state index < -0.39 is 0 Å². The van der Waals surface area contributed by atoms with E-state index >= 15 is 0 Å². The Labute approximate surface area is 79.4 Å². The molecule has 1 heteroatoms. The van der Waals surface area contributed by atoms with Crippen LogP contribution in [-0.4, -0.2) is 11.7 Å². The molecule has 1 nitrogen and oxygen atoms in total. The summed E-state index contributed by atoms with van der Waals surface area (Å²) in [7, 11) is 0. The summed E-state index contributed by atoms with van der Waals surface area (Å²) in [4.78, 5) is 0. The molecule has 0 radical (unpaired) electrons. The van der Waals surface area contributed by atoms with Crippen LogP contribution in [0.1, 0.15) is 22.3 Å². The summed E-state index contributed by atoms with van der Waals surface area (Å²) in [5.74, 6) is 5.59. The molecule has 0 aliphatic heterocycles. The van der Waals surface area contributed by atoms with Crippen LogP contribution in [0.25, 0.3) is 0 Å². The Kier molecular flexibility index (Phi) is 3.11. The summed E-state index contributed by atoms with van der Waals surface area (Å²) in [5, 5.41) is 8.57. The maximum Gasteiger partial charge on any atom is 0.104 e. The molecule has 0 aliphatic rings. The van der Waals surface area contributed by atoms with Crippen LogP contribution >= 0.6 is 0 Å². The Balaban J connectivity index is 3.16. The summed E-state index contributed by atoms with van der Waals surface area (Å²) in [5.41, 5.74) is 4.71. The lowest BCUT2D eigenvalue weighted by Gasteiger charge is -2.03. The van der Waals surface area contributed by atoms with E-state index in [1.54, 1.807) is 0 Å². The van der Waals surface area contributed by atoms with Gasteiger partial charge in [0.1, 0.15) is 6.61 Å². The quantitative estimate of drug-likeness (QED) is 0.596. The van der Waals surface area contributed by atoms with Gasteiger partial charge in [-0.2, -0.15) is 0 Å². The van der Waals surface area contributed by atoms with Crippen molar-refractivity contribution >= 4 is 0 Å². The molecular formula is C12H14O. The van der Waals surface area contributed by atoms with Crippen molar-refractivity contribution in [3.05, 3.63) is 34.4 Å². The van der Waals surface area contributed by atoms with E-state index in [1.165, 1.54) is 16.7 Å². The van der Waals surface area contributed by atoms with Crippen molar-refractivity contribution in [1.82, 2.24) is 0 Å². The van der Waals surface area contributed by atoms with Crippen molar-refractivity contribution in [2.45, 2.75) is 20.8 Å². The molecule has 1 aromatic rings. The van der Waals surface area contributed by atoms with Crippen LogP contribution in [0.5, 0.6) is 0 Å². The molecule has 0 unspecified atom stereocenters. The van der Waals surface area contributed by atoms with Crippen molar-refractivity contribution in [3.8, 4) is 11.8 Å². The molecule has 0 saturated heterocycles. The van der Waals surface area contributed by atoms with Gasteiger partial charge in [-0.3, -0.25) is 0 Å². The van der Waals surface area contributed by atoms with Gasteiger partial charge in [0, 0.05) is 5.56 Å². The highest BCUT2D eigenvalue weighted by Gasteiger charge is 1.98. The van der Waals surface area contributed by atoms with E-state index in [-0.39, 0.29) is 6.61 Å². The molecule has 1 N–H and O–H groups in total. The minimum Gasteiger partial charge on any atom is -0.384 e. The SMILES string of the molecule is Cc1cc(C)c(C#CCO)cc1C. The molecule has 0 aromatic heterocycles. The second-order valence-corrected chi connectivity index (χ2v) is 3.21. The zero-order valence-electron chi connectivity index (χ0n) is 8.31. The summed E-state index contributed by atoms with van der Waals surface area (Å²) in [6, 6.07) is 4.18. The number of aliphatic hydroxyl groups is 1. The fraction of sp³-hybridized carbons (Fsp3) is 0.333. The van der Waals surface area contributed by atoms with Crippen LogP contribution in [0.4, 0.5) is 0 Å². The Morgan fingerprint density at radius 3 is 2.31 bits per heavy atom. The number of hydrogen-bond acceptors (Lipinski definition) is 1. The second-order valence-electron chi connectivity index (χ2n) is 3.21. The highest BCUT2D eigenvalue weighted by Crippen LogP contribution is 2.13. The van der Waals surface area contributed by atoms with E-state index in [0.29, 0.717) is 0 Å². The van der Waals surface area contributed by atoms with Crippen molar-refractivity contribution in [1.29, 1.82) is 0 Å². The normalized spacial score (nSPS) is 9.23.